The van der Waals surface area contributed by atoms with Gasteiger partial charge < -0.3 is 20.3 Å². The van der Waals surface area contributed by atoms with Crippen LogP contribution in [0, 0.1) is 19.3 Å². The van der Waals surface area contributed by atoms with Crippen LogP contribution in [-0.2, 0) is 4.79 Å². The molecule has 0 fully saturated rings. The highest BCUT2D eigenvalue weighted by Crippen LogP contribution is 2.28. The van der Waals surface area contributed by atoms with Crippen LogP contribution in [0.1, 0.15) is 55.1 Å². The zero-order chi connectivity index (χ0) is 30.3. The lowest BCUT2D eigenvalue weighted by Gasteiger charge is -2.24. The second kappa shape index (κ2) is 13.6. The van der Waals surface area contributed by atoms with Crippen LogP contribution in [0.25, 0.3) is 10.8 Å². The number of amides is 2. The van der Waals surface area contributed by atoms with Crippen LogP contribution in [0.3, 0.4) is 0 Å². The summed E-state index contributed by atoms with van der Waals surface area (Å²) in [5.74, 6) is 0.637. The van der Waals surface area contributed by atoms with E-state index in [1.165, 1.54) is 0 Å². The van der Waals surface area contributed by atoms with Crippen molar-refractivity contribution >= 4 is 51.3 Å². The van der Waals surface area contributed by atoms with Gasteiger partial charge in [-0.1, -0.05) is 62.4 Å². The van der Waals surface area contributed by atoms with Crippen molar-refractivity contribution in [1.82, 2.24) is 5.32 Å². The lowest BCUT2D eigenvalue weighted by Crippen LogP contribution is -2.42. The molecule has 0 radical (unpaired) electrons. The molecule has 4 aromatic rings. The van der Waals surface area contributed by atoms with Gasteiger partial charge in [0.2, 0.25) is 5.91 Å². The molecule has 2 amide bonds. The smallest absolute Gasteiger partial charge is 0.258 e. The van der Waals surface area contributed by atoms with Gasteiger partial charge in [-0.05, 0) is 98.7 Å². The lowest BCUT2D eigenvalue weighted by molar-refractivity contribution is -0.128. The number of benzene rings is 4. The van der Waals surface area contributed by atoms with Crippen LogP contribution in [-0.4, -0.2) is 30.1 Å². The first kappa shape index (κ1) is 30.7. The van der Waals surface area contributed by atoms with E-state index < -0.39 is 5.41 Å². The second-order valence-electron chi connectivity index (χ2n) is 11.1. The molecule has 0 saturated heterocycles. The molecule has 42 heavy (non-hydrogen) atoms. The molecule has 0 aliphatic carbocycles. The van der Waals surface area contributed by atoms with Crippen molar-refractivity contribution < 1.29 is 14.3 Å². The molecule has 0 saturated carbocycles. The number of fused-ring (bicyclic) bond motifs is 1. The monoisotopic (exact) mass is 581 g/mol. The number of carbonyl (C=O) groups is 2. The Hall–Kier alpha value is -4.23. The summed E-state index contributed by atoms with van der Waals surface area (Å²) in [6.07, 6.45) is 1.38. The van der Waals surface area contributed by atoms with E-state index in [0.29, 0.717) is 30.8 Å². The molecule has 0 aromatic heterocycles. The van der Waals surface area contributed by atoms with Gasteiger partial charge in [0, 0.05) is 28.6 Å². The SMILES string of the molecule is CCN(C(=O)c1ccc(NC(=S)NC(=O)C(C)(C)CCCOc2cc(C)ccc2C)cc1)c1cccc2ccccc12. The Labute approximate surface area is 254 Å². The van der Waals surface area contributed by atoms with E-state index in [4.69, 9.17) is 17.0 Å². The maximum Gasteiger partial charge on any atom is 0.258 e. The lowest BCUT2D eigenvalue weighted by atomic mass is 9.87. The van der Waals surface area contributed by atoms with Gasteiger partial charge in [-0.25, -0.2) is 0 Å². The molecule has 2 N–H and O–H groups in total. The number of nitrogens with one attached hydrogen (secondary N) is 2. The fraction of sp³-hybridized carbons (Fsp3) is 0.286. The van der Waals surface area contributed by atoms with Crippen LogP contribution in [0.5, 0.6) is 5.75 Å². The summed E-state index contributed by atoms with van der Waals surface area (Å²) in [5.41, 5.74) is 3.75. The number of carbonyl (C=O) groups excluding carboxylic acids is 2. The van der Waals surface area contributed by atoms with E-state index >= 15 is 0 Å². The molecular formula is C35H39N3O3S. The fourth-order valence-corrected chi connectivity index (χ4v) is 5.04. The minimum atomic E-state index is -0.627. The summed E-state index contributed by atoms with van der Waals surface area (Å²) in [4.78, 5) is 28.2. The van der Waals surface area contributed by atoms with Gasteiger partial charge in [0.25, 0.3) is 5.91 Å². The van der Waals surface area contributed by atoms with Gasteiger partial charge in [-0.3, -0.25) is 9.59 Å². The normalized spacial score (nSPS) is 11.2. The van der Waals surface area contributed by atoms with Crippen molar-refractivity contribution in [3.63, 3.8) is 0 Å². The molecule has 0 unspecified atom stereocenters. The number of nitrogens with zero attached hydrogens (tertiary/aromatic N) is 1. The molecule has 0 atom stereocenters. The number of aryl methyl sites for hydroxylation is 2. The zero-order valence-electron chi connectivity index (χ0n) is 25.0. The number of anilines is 2. The standard InChI is InChI=1S/C35H39N3O3S/c1-6-38(30-14-9-12-26-11-7-8-13-29(26)30)32(39)27-17-19-28(20-18-27)36-34(42)37-33(40)35(4,5)21-10-22-41-31-23-24(2)15-16-25(31)3/h7-9,11-20,23H,6,10,21-22H2,1-5H3,(H2,36,37,40,42). The van der Waals surface area contributed by atoms with Crippen LogP contribution < -0.4 is 20.3 Å². The predicted octanol–water partition coefficient (Wildman–Crippen LogP) is 7.82. The number of hydrogen-bond acceptors (Lipinski definition) is 4. The van der Waals surface area contributed by atoms with Crippen molar-refractivity contribution in [3.05, 3.63) is 102 Å². The second-order valence-corrected chi connectivity index (χ2v) is 11.5. The van der Waals surface area contributed by atoms with Gasteiger partial charge in [-0.2, -0.15) is 0 Å². The quantitative estimate of drug-likeness (QED) is 0.148. The summed E-state index contributed by atoms with van der Waals surface area (Å²) >= 11 is 5.42. The highest BCUT2D eigenvalue weighted by Gasteiger charge is 2.28. The molecule has 0 heterocycles. The van der Waals surface area contributed by atoms with Crippen molar-refractivity contribution in [2.75, 3.05) is 23.4 Å². The summed E-state index contributed by atoms with van der Waals surface area (Å²) in [6, 6.07) is 27.3. The van der Waals surface area contributed by atoms with Crippen LogP contribution in [0.2, 0.25) is 0 Å². The molecule has 0 aliphatic heterocycles. The molecule has 0 bridgehead atoms. The first-order valence-corrected chi connectivity index (χ1v) is 14.7. The zero-order valence-corrected chi connectivity index (χ0v) is 25.8. The highest BCUT2D eigenvalue weighted by atomic mass is 32.1. The maximum atomic E-state index is 13.4. The third kappa shape index (κ3) is 7.53. The topological polar surface area (TPSA) is 70.7 Å². The third-order valence-electron chi connectivity index (χ3n) is 7.40. The van der Waals surface area contributed by atoms with E-state index in [0.717, 1.165) is 39.8 Å². The molecule has 0 aliphatic rings. The Balaban J connectivity index is 1.30. The first-order chi connectivity index (χ1) is 20.1. The number of thiocarbonyl (C=S) groups is 1. The Bertz CT molecular complexity index is 1580. The Kier molecular flexibility index (Phi) is 9.96. The first-order valence-electron chi connectivity index (χ1n) is 14.3. The minimum Gasteiger partial charge on any atom is -0.493 e. The third-order valence-corrected chi connectivity index (χ3v) is 7.60. The average Bonchev–Trinajstić information content (AvgIpc) is 2.97. The molecule has 218 valence electrons. The number of ether oxygens (including phenoxy) is 1. The Morgan fingerprint density at radius 2 is 1.64 bits per heavy atom. The van der Waals surface area contributed by atoms with Crippen LogP contribution >= 0.6 is 12.2 Å². The van der Waals surface area contributed by atoms with E-state index in [9.17, 15) is 9.59 Å². The highest BCUT2D eigenvalue weighted by molar-refractivity contribution is 7.80. The number of hydrogen-bond donors (Lipinski definition) is 2. The Morgan fingerprint density at radius 1 is 0.929 bits per heavy atom. The van der Waals surface area contributed by atoms with E-state index in [-0.39, 0.29) is 16.9 Å². The molecule has 7 heteroatoms. The van der Waals surface area contributed by atoms with Crippen LogP contribution in [0.4, 0.5) is 11.4 Å². The molecule has 6 nitrogen and oxygen atoms in total. The van der Waals surface area contributed by atoms with Gasteiger partial charge in [0.05, 0.1) is 12.3 Å². The largest absolute Gasteiger partial charge is 0.493 e. The summed E-state index contributed by atoms with van der Waals surface area (Å²) in [7, 11) is 0. The molecule has 0 spiro atoms. The Morgan fingerprint density at radius 3 is 2.38 bits per heavy atom. The predicted molar refractivity (Wildman–Crippen MR) is 177 cm³/mol. The number of rotatable bonds is 10. The van der Waals surface area contributed by atoms with Crippen molar-refractivity contribution in [2.45, 2.75) is 47.5 Å². The van der Waals surface area contributed by atoms with E-state index in [1.807, 2.05) is 89.2 Å². The van der Waals surface area contributed by atoms with E-state index in [2.05, 4.69) is 16.7 Å². The van der Waals surface area contributed by atoms with Gasteiger partial charge >= 0.3 is 0 Å². The molecular weight excluding hydrogens is 542 g/mol. The summed E-state index contributed by atoms with van der Waals surface area (Å²) < 4.78 is 5.95. The van der Waals surface area contributed by atoms with Crippen molar-refractivity contribution in [3.8, 4) is 5.75 Å². The fourth-order valence-electron chi connectivity index (χ4n) is 4.83. The van der Waals surface area contributed by atoms with Gasteiger partial charge in [0.1, 0.15) is 5.75 Å². The van der Waals surface area contributed by atoms with Crippen LogP contribution in [0.15, 0.2) is 84.9 Å². The van der Waals surface area contributed by atoms with Gasteiger partial charge in [-0.15, -0.1) is 0 Å². The van der Waals surface area contributed by atoms with Crippen molar-refractivity contribution in [1.29, 1.82) is 0 Å². The maximum absolute atomic E-state index is 13.4. The average molecular weight is 582 g/mol. The molecule has 4 rings (SSSR count). The minimum absolute atomic E-state index is 0.0837. The molecule has 4 aromatic carbocycles. The summed E-state index contributed by atoms with van der Waals surface area (Å²) in [5, 5.41) is 8.21. The van der Waals surface area contributed by atoms with E-state index in [1.54, 1.807) is 29.2 Å². The van der Waals surface area contributed by atoms with Gasteiger partial charge in [0.15, 0.2) is 5.11 Å². The van der Waals surface area contributed by atoms with Crippen molar-refractivity contribution in [2.24, 2.45) is 5.41 Å². The summed E-state index contributed by atoms with van der Waals surface area (Å²) in [6.45, 7) is 10.9.